The fraction of sp³-hybridized carbons (Fsp3) is 0.512. The summed E-state index contributed by atoms with van der Waals surface area (Å²) in [6.07, 6.45) is 0.653. The first-order chi connectivity index (χ1) is 25.0. The number of sulfone groups is 1. The van der Waals surface area contributed by atoms with Crippen LogP contribution >= 0.6 is 11.8 Å². The Kier molecular flexibility index (Phi) is 16.1. The van der Waals surface area contributed by atoms with Crippen molar-refractivity contribution in [3.05, 3.63) is 95.1 Å². The summed E-state index contributed by atoms with van der Waals surface area (Å²) in [6, 6.07) is 20.8. The van der Waals surface area contributed by atoms with Crippen molar-refractivity contribution in [1.82, 2.24) is 4.90 Å². The van der Waals surface area contributed by atoms with Crippen LogP contribution in [0.1, 0.15) is 100 Å². The van der Waals surface area contributed by atoms with Gasteiger partial charge in [0.15, 0.2) is 15.6 Å². The smallest absolute Gasteiger partial charge is 0.308 e. The molecule has 0 radical (unpaired) electrons. The third-order valence-electron chi connectivity index (χ3n) is 8.45. The van der Waals surface area contributed by atoms with E-state index in [1.807, 2.05) is 72.7 Å². The molecule has 0 saturated heterocycles. The summed E-state index contributed by atoms with van der Waals surface area (Å²) >= 11 is 1.43. The van der Waals surface area contributed by atoms with Gasteiger partial charge in [0.1, 0.15) is 5.60 Å². The van der Waals surface area contributed by atoms with E-state index in [1.165, 1.54) is 11.8 Å². The van der Waals surface area contributed by atoms with Crippen LogP contribution in [0.25, 0.3) is 0 Å². The fourth-order valence-corrected chi connectivity index (χ4v) is 8.06. The van der Waals surface area contributed by atoms with Gasteiger partial charge < -0.3 is 19.1 Å². The number of Topliss-reactive ketones (excluding diaryl/α,β-unsaturated/α-hetero) is 1. The Morgan fingerprint density at radius 2 is 1.26 bits per heavy atom. The number of ketones is 1. The predicted octanol–water partition coefficient (Wildman–Crippen LogP) is 8.54. The molecule has 0 spiro atoms. The average Bonchev–Trinajstić information content (AvgIpc) is 3.07. The van der Waals surface area contributed by atoms with Gasteiger partial charge >= 0.3 is 5.97 Å². The Morgan fingerprint density at radius 1 is 0.704 bits per heavy atom. The first kappa shape index (κ1) is 44.9. The summed E-state index contributed by atoms with van der Waals surface area (Å²) < 4.78 is 44.6. The zero-order valence-electron chi connectivity index (χ0n) is 33.7. The molecule has 0 bridgehead atoms. The molecular formula is C43H59NO8S2. The molecule has 0 heterocycles. The molecule has 0 aliphatic rings. The minimum absolute atomic E-state index is 0.00180. The minimum Gasteiger partial charge on any atom is -0.460 e. The van der Waals surface area contributed by atoms with Crippen molar-refractivity contribution in [3.8, 4) is 0 Å². The van der Waals surface area contributed by atoms with Crippen molar-refractivity contribution in [1.29, 1.82) is 0 Å². The first-order valence-electron chi connectivity index (χ1n) is 18.5. The molecule has 3 rings (SSSR count). The van der Waals surface area contributed by atoms with E-state index in [1.54, 1.807) is 74.2 Å². The number of hydrogen-bond acceptors (Lipinski definition) is 9. The number of thioether (sulfide) groups is 1. The lowest BCUT2D eigenvalue weighted by Crippen LogP contribution is -2.38. The number of benzene rings is 3. The van der Waals surface area contributed by atoms with Crippen LogP contribution in [0.5, 0.6) is 0 Å². The second kappa shape index (κ2) is 19.4. The van der Waals surface area contributed by atoms with Crippen molar-refractivity contribution in [2.75, 3.05) is 37.8 Å². The SMILES string of the molecule is Cc1ccc(SCC(CS(=O)(=O)c2ccc(C)cc2)C(=O)c2ccc(C(=O)N(CCOC(C)(C)CCOC(C)(C)C)CCC(=O)OC(C)(C)C)cc2)cc1. The van der Waals surface area contributed by atoms with E-state index in [-0.39, 0.29) is 59.8 Å². The summed E-state index contributed by atoms with van der Waals surface area (Å²) in [6.45, 7) is 20.3. The Labute approximate surface area is 327 Å². The highest BCUT2D eigenvalue weighted by Crippen LogP contribution is 2.27. The third kappa shape index (κ3) is 15.7. The summed E-state index contributed by atoms with van der Waals surface area (Å²) in [7, 11) is -3.78. The largest absolute Gasteiger partial charge is 0.460 e. The van der Waals surface area contributed by atoms with Crippen LogP contribution in [0.15, 0.2) is 82.6 Å². The highest BCUT2D eigenvalue weighted by molar-refractivity contribution is 7.99. The molecule has 296 valence electrons. The number of hydrogen-bond donors (Lipinski definition) is 0. The van der Waals surface area contributed by atoms with Crippen molar-refractivity contribution < 1.29 is 37.0 Å². The number of aryl methyl sites for hydroxylation is 2. The lowest BCUT2D eigenvalue weighted by Gasteiger charge is -2.30. The Balaban J connectivity index is 1.80. The average molecular weight is 782 g/mol. The molecule has 0 N–H and O–H groups in total. The van der Waals surface area contributed by atoms with Gasteiger partial charge in [-0.2, -0.15) is 0 Å². The fourth-order valence-electron chi connectivity index (χ4n) is 5.37. The molecule has 1 atom stereocenters. The number of ether oxygens (including phenoxy) is 3. The van der Waals surface area contributed by atoms with E-state index in [2.05, 4.69) is 0 Å². The zero-order chi connectivity index (χ0) is 40.3. The molecule has 9 nitrogen and oxygen atoms in total. The summed E-state index contributed by atoms with van der Waals surface area (Å²) in [4.78, 5) is 43.2. The summed E-state index contributed by atoms with van der Waals surface area (Å²) in [5, 5.41) is 0. The number of rotatable bonds is 19. The minimum atomic E-state index is -3.78. The second-order valence-corrected chi connectivity index (χ2v) is 19.4. The molecule has 11 heteroatoms. The Morgan fingerprint density at radius 3 is 1.81 bits per heavy atom. The molecule has 0 aliphatic heterocycles. The molecule has 0 fully saturated rings. The van der Waals surface area contributed by atoms with Gasteiger partial charge in [0.2, 0.25) is 0 Å². The van der Waals surface area contributed by atoms with Gasteiger partial charge in [-0.1, -0.05) is 47.5 Å². The van der Waals surface area contributed by atoms with Crippen LogP contribution < -0.4 is 0 Å². The number of esters is 1. The monoisotopic (exact) mass is 781 g/mol. The maximum Gasteiger partial charge on any atom is 0.308 e. The van der Waals surface area contributed by atoms with Gasteiger partial charge in [-0.05, 0) is 112 Å². The van der Waals surface area contributed by atoms with Gasteiger partial charge in [0, 0.05) is 47.4 Å². The first-order valence-corrected chi connectivity index (χ1v) is 21.1. The van der Waals surface area contributed by atoms with Crippen LogP contribution in [-0.2, 0) is 28.8 Å². The zero-order valence-corrected chi connectivity index (χ0v) is 35.3. The Hall–Kier alpha value is -3.51. The standard InChI is InChI=1S/C43H59NO8S2/c1-31-11-19-36(20-12-31)53-29-35(30-54(48,49)37-21-13-32(2)14-22-37)39(46)33-15-17-34(18-16-33)40(47)44(25-23-38(45)52-42(6,7)8)26-28-51-43(9,10)24-27-50-41(3,4)5/h11-22,35H,23-30H2,1-10H3. The van der Waals surface area contributed by atoms with Gasteiger partial charge in [-0.15, -0.1) is 11.8 Å². The van der Waals surface area contributed by atoms with Crippen LogP contribution in [0.3, 0.4) is 0 Å². The molecule has 0 aromatic heterocycles. The number of nitrogens with zero attached hydrogens (tertiary/aromatic N) is 1. The molecule has 3 aromatic carbocycles. The molecule has 0 aliphatic carbocycles. The van der Waals surface area contributed by atoms with Crippen LogP contribution in [-0.4, -0.2) is 85.6 Å². The molecule has 3 aromatic rings. The van der Waals surface area contributed by atoms with E-state index in [9.17, 15) is 22.8 Å². The molecule has 1 unspecified atom stereocenters. The molecular weight excluding hydrogens is 723 g/mol. The number of carbonyl (C=O) groups is 3. The molecule has 0 saturated carbocycles. The van der Waals surface area contributed by atoms with Gasteiger partial charge in [0.25, 0.3) is 5.91 Å². The van der Waals surface area contributed by atoms with E-state index >= 15 is 0 Å². The summed E-state index contributed by atoms with van der Waals surface area (Å²) in [5.41, 5.74) is 1.25. The Bertz CT molecular complexity index is 1790. The van der Waals surface area contributed by atoms with E-state index in [0.29, 0.717) is 24.2 Å². The van der Waals surface area contributed by atoms with Crippen LogP contribution in [0.4, 0.5) is 0 Å². The lowest BCUT2D eigenvalue weighted by atomic mass is 9.99. The van der Waals surface area contributed by atoms with E-state index in [0.717, 1.165) is 16.0 Å². The van der Waals surface area contributed by atoms with Crippen molar-refractivity contribution in [2.24, 2.45) is 5.92 Å². The number of carbonyl (C=O) groups excluding carboxylic acids is 3. The molecule has 1 amide bonds. The van der Waals surface area contributed by atoms with Gasteiger partial charge in [-0.25, -0.2) is 8.42 Å². The predicted molar refractivity (Wildman–Crippen MR) is 216 cm³/mol. The summed E-state index contributed by atoms with van der Waals surface area (Å²) in [5.74, 6) is -2.02. The van der Waals surface area contributed by atoms with E-state index < -0.39 is 32.9 Å². The topological polar surface area (TPSA) is 116 Å². The quantitative estimate of drug-likeness (QED) is 0.0670. The van der Waals surface area contributed by atoms with Crippen LogP contribution in [0, 0.1) is 19.8 Å². The van der Waals surface area contributed by atoms with Gasteiger partial charge in [0.05, 0.1) is 34.9 Å². The highest BCUT2D eigenvalue weighted by Gasteiger charge is 2.29. The highest BCUT2D eigenvalue weighted by atomic mass is 32.2. The van der Waals surface area contributed by atoms with E-state index in [4.69, 9.17) is 14.2 Å². The van der Waals surface area contributed by atoms with Crippen molar-refractivity contribution >= 4 is 39.3 Å². The molecule has 54 heavy (non-hydrogen) atoms. The second-order valence-electron chi connectivity index (χ2n) is 16.3. The third-order valence-corrected chi connectivity index (χ3v) is 11.5. The van der Waals surface area contributed by atoms with Crippen molar-refractivity contribution in [2.45, 2.75) is 109 Å². The lowest BCUT2D eigenvalue weighted by molar-refractivity contribution is -0.155. The number of amides is 1. The van der Waals surface area contributed by atoms with Crippen molar-refractivity contribution in [3.63, 3.8) is 0 Å². The van der Waals surface area contributed by atoms with Crippen LogP contribution in [0.2, 0.25) is 0 Å². The maximum absolute atomic E-state index is 14.0. The van der Waals surface area contributed by atoms with Gasteiger partial charge in [-0.3, -0.25) is 14.4 Å². The maximum atomic E-state index is 14.0. The normalized spacial score (nSPS) is 13.0.